The molecule has 0 aliphatic carbocycles. The number of benzene rings is 3. The van der Waals surface area contributed by atoms with Gasteiger partial charge >= 0.3 is 17.8 Å². The largest absolute Gasteiger partial charge is 0.493 e. The fourth-order valence-corrected chi connectivity index (χ4v) is 3.27. The van der Waals surface area contributed by atoms with E-state index >= 15 is 0 Å². The van der Waals surface area contributed by atoms with Crippen molar-refractivity contribution in [3.63, 3.8) is 0 Å². The quantitative estimate of drug-likeness (QED) is 0.145. The third-order valence-corrected chi connectivity index (χ3v) is 5.22. The average Bonchev–Trinajstić information content (AvgIpc) is 2.86. The molecule has 0 radical (unpaired) electrons. The molecule has 2 N–H and O–H groups in total. The summed E-state index contributed by atoms with van der Waals surface area (Å²) in [4.78, 5) is 36.8. The van der Waals surface area contributed by atoms with Gasteiger partial charge in [0.25, 0.3) is 0 Å². The van der Waals surface area contributed by atoms with Gasteiger partial charge in [-0.25, -0.2) is 10.2 Å². The van der Waals surface area contributed by atoms with Gasteiger partial charge in [0.05, 0.1) is 26.0 Å². The van der Waals surface area contributed by atoms with E-state index in [1.54, 1.807) is 48.5 Å². The molecule has 0 saturated carbocycles. The van der Waals surface area contributed by atoms with Crippen LogP contribution in [0.25, 0.3) is 0 Å². The number of amides is 2. The molecule has 180 valence electrons. The van der Waals surface area contributed by atoms with Crippen molar-refractivity contribution < 1.29 is 28.6 Å². The lowest BCUT2D eigenvalue weighted by molar-refractivity contribution is -0.136. The maximum Gasteiger partial charge on any atom is 0.343 e. The van der Waals surface area contributed by atoms with Gasteiger partial charge in [-0.15, -0.1) is 0 Å². The van der Waals surface area contributed by atoms with E-state index in [2.05, 4.69) is 31.8 Å². The molecule has 0 aliphatic heterocycles. The number of anilines is 1. The number of ether oxygens (including phenoxy) is 3. The number of esters is 1. The van der Waals surface area contributed by atoms with E-state index in [9.17, 15) is 14.4 Å². The summed E-state index contributed by atoms with van der Waals surface area (Å²) in [5.41, 5.74) is 3.13. The van der Waals surface area contributed by atoms with Crippen LogP contribution in [0.1, 0.15) is 15.9 Å². The molecule has 2 amide bonds. The van der Waals surface area contributed by atoms with Gasteiger partial charge < -0.3 is 19.5 Å². The van der Waals surface area contributed by atoms with E-state index in [4.69, 9.17) is 25.8 Å². The predicted molar refractivity (Wildman–Crippen MR) is 134 cm³/mol. The number of halogens is 2. The Kier molecular flexibility index (Phi) is 8.82. The summed E-state index contributed by atoms with van der Waals surface area (Å²) in [7, 11) is 2.95. The van der Waals surface area contributed by atoms with Gasteiger partial charge in [0.2, 0.25) is 0 Å². The van der Waals surface area contributed by atoms with Crippen LogP contribution >= 0.6 is 27.5 Å². The Morgan fingerprint density at radius 1 is 0.886 bits per heavy atom. The molecule has 3 aromatic carbocycles. The Bertz CT molecular complexity index is 1280. The van der Waals surface area contributed by atoms with E-state index in [1.165, 1.54) is 32.6 Å². The summed E-state index contributed by atoms with van der Waals surface area (Å²) in [6, 6.07) is 15.7. The fourth-order valence-electron chi connectivity index (χ4n) is 2.77. The zero-order valence-corrected chi connectivity index (χ0v) is 20.8. The SMILES string of the molecule is COc1ccc(C(=O)Oc2ccc(Br)cc2C=NNC(=O)C(=O)Nc2ccc(Cl)cc2)cc1OC. The van der Waals surface area contributed by atoms with Crippen molar-refractivity contribution in [3.8, 4) is 17.2 Å². The molecule has 0 spiro atoms. The minimum atomic E-state index is -0.991. The summed E-state index contributed by atoms with van der Waals surface area (Å²) in [5, 5.41) is 6.71. The molecule has 3 rings (SSSR count). The van der Waals surface area contributed by atoms with Crippen molar-refractivity contribution in [3.05, 3.63) is 81.3 Å². The number of methoxy groups -OCH3 is 2. The van der Waals surface area contributed by atoms with Crippen LogP contribution in [0.2, 0.25) is 5.02 Å². The van der Waals surface area contributed by atoms with Gasteiger partial charge in [0.15, 0.2) is 11.5 Å². The van der Waals surface area contributed by atoms with Crippen LogP contribution in [-0.2, 0) is 9.59 Å². The number of nitrogens with zero attached hydrogens (tertiary/aromatic N) is 1. The molecule has 0 saturated heterocycles. The monoisotopic (exact) mass is 559 g/mol. The number of hydrogen-bond donors (Lipinski definition) is 2. The summed E-state index contributed by atoms with van der Waals surface area (Å²) >= 11 is 9.13. The number of hydrazone groups is 1. The van der Waals surface area contributed by atoms with Gasteiger partial charge in [-0.1, -0.05) is 27.5 Å². The van der Waals surface area contributed by atoms with E-state index < -0.39 is 17.8 Å². The van der Waals surface area contributed by atoms with E-state index in [-0.39, 0.29) is 11.3 Å². The molecular formula is C24H19BrClN3O6. The minimum absolute atomic E-state index is 0.177. The Morgan fingerprint density at radius 2 is 1.57 bits per heavy atom. The summed E-state index contributed by atoms with van der Waals surface area (Å²) in [6.45, 7) is 0. The molecule has 9 nitrogen and oxygen atoms in total. The average molecular weight is 561 g/mol. The maximum atomic E-state index is 12.7. The first-order chi connectivity index (χ1) is 16.8. The molecule has 0 fully saturated rings. The van der Waals surface area contributed by atoms with E-state index in [0.29, 0.717) is 32.2 Å². The second-order valence-electron chi connectivity index (χ2n) is 6.80. The van der Waals surface area contributed by atoms with Crippen LogP contribution in [-0.4, -0.2) is 38.2 Å². The molecule has 0 aliphatic rings. The van der Waals surface area contributed by atoms with Crippen molar-refractivity contribution >= 4 is 57.2 Å². The first kappa shape index (κ1) is 25.7. The Labute approximate surface area is 214 Å². The lowest BCUT2D eigenvalue weighted by Crippen LogP contribution is -2.32. The van der Waals surface area contributed by atoms with Gasteiger partial charge in [-0.2, -0.15) is 5.10 Å². The van der Waals surface area contributed by atoms with Crippen LogP contribution < -0.4 is 25.0 Å². The van der Waals surface area contributed by atoms with E-state index in [0.717, 1.165) is 0 Å². The maximum absolute atomic E-state index is 12.7. The molecule has 0 unspecified atom stereocenters. The van der Waals surface area contributed by atoms with Crippen molar-refractivity contribution in [2.75, 3.05) is 19.5 Å². The van der Waals surface area contributed by atoms with E-state index in [1.807, 2.05) is 0 Å². The predicted octanol–water partition coefficient (Wildman–Crippen LogP) is 4.43. The minimum Gasteiger partial charge on any atom is -0.493 e. The van der Waals surface area contributed by atoms with Gasteiger partial charge in [0.1, 0.15) is 5.75 Å². The highest BCUT2D eigenvalue weighted by Crippen LogP contribution is 2.29. The number of carbonyl (C=O) groups excluding carboxylic acids is 3. The fraction of sp³-hybridized carbons (Fsp3) is 0.0833. The normalized spacial score (nSPS) is 10.5. The Hall–Kier alpha value is -3.89. The van der Waals surface area contributed by atoms with Gasteiger partial charge in [-0.3, -0.25) is 9.59 Å². The zero-order chi connectivity index (χ0) is 25.4. The molecule has 3 aromatic rings. The lowest BCUT2D eigenvalue weighted by atomic mass is 10.2. The first-order valence-electron chi connectivity index (χ1n) is 9.94. The second-order valence-corrected chi connectivity index (χ2v) is 8.15. The van der Waals surface area contributed by atoms with Crippen LogP contribution in [0.3, 0.4) is 0 Å². The molecule has 11 heteroatoms. The highest BCUT2D eigenvalue weighted by Gasteiger charge is 2.16. The van der Waals surface area contributed by atoms with Crippen molar-refractivity contribution in [1.82, 2.24) is 5.43 Å². The number of rotatable bonds is 7. The standard InChI is InChI=1S/C24H19BrClN3O6/c1-33-20-9-3-14(12-21(20)34-2)24(32)35-19-10-4-16(25)11-15(19)13-27-29-23(31)22(30)28-18-7-5-17(26)6-8-18/h3-13H,1-2H3,(H,28,30)(H,29,31). The van der Waals surface area contributed by atoms with Crippen LogP contribution in [0.4, 0.5) is 5.69 Å². The molecule has 0 atom stereocenters. The molecule has 0 heterocycles. The number of nitrogens with one attached hydrogen (secondary N) is 2. The van der Waals surface area contributed by atoms with Crippen LogP contribution in [0, 0.1) is 0 Å². The van der Waals surface area contributed by atoms with Crippen molar-refractivity contribution in [2.45, 2.75) is 0 Å². The smallest absolute Gasteiger partial charge is 0.343 e. The third-order valence-electron chi connectivity index (χ3n) is 4.47. The summed E-state index contributed by atoms with van der Waals surface area (Å²) in [6.07, 6.45) is 1.25. The van der Waals surface area contributed by atoms with Gasteiger partial charge in [-0.05, 0) is 60.7 Å². The molecule has 0 bridgehead atoms. The number of hydrogen-bond acceptors (Lipinski definition) is 7. The lowest BCUT2D eigenvalue weighted by Gasteiger charge is -2.11. The molecular weight excluding hydrogens is 542 g/mol. The van der Waals surface area contributed by atoms with Crippen molar-refractivity contribution in [1.29, 1.82) is 0 Å². The Morgan fingerprint density at radius 3 is 2.26 bits per heavy atom. The van der Waals surface area contributed by atoms with Crippen LogP contribution in [0.15, 0.2) is 70.2 Å². The van der Waals surface area contributed by atoms with Crippen molar-refractivity contribution in [2.24, 2.45) is 5.10 Å². The highest BCUT2D eigenvalue weighted by atomic mass is 79.9. The topological polar surface area (TPSA) is 115 Å². The summed E-state index contributed by atoms with van der Waals surface area (Å²) in [5.74, 6) is -1.53. The van der Waals surface area contributed by atoms with Crippen LogP contribution in [0.5, 0.6) is 17.2 Å². The number of carbonyl (C=O) groups is 3. The zero-order valence-electron chi connectivity index (χ0n) is 18.5. The summed E-state index contributed by atoms with van der Waals surface area (Å²) < 4.78 is 16.6. The van der Waals surface area contributed by atoms with Gasteiger partial charge in [0, 0.05) is 20.7 Å². The second kappa shape index (κ2) is 12.0. The molecule has 0 aromatic heterocycles. The highest BCUT2D eigenvalue weighted by molar-refractivity contribution is 9.10. The third kappa shape index (κ3) is 7.05. The molecule has 35 heavy (non-hydrogen) atoms. The Balaban J connectivity index is 1.69. The first-order valence-corrected chi connectivity index (χ1v) is 11.1.